The first-order valence-electron chi connectivity index (χ1n) is 6.28. The van der Waals surface area contributed by atoms with Gasteiger partial charge in [-0.25, -0.2) is 27.9 Å². The molecule has 23 heavy (non-hydrogen) atoms. The van der Waals surface area contributed by atoms with E-state index in [-0.39, 0.29) is 20.9 Å². The summed E-state index contributed by atoms with van der Waals surface area (Å²) in [5.41, 5.74) is 1.28. The van der Waals surface area contributed by atoms with Gasteiger partial charge in [-0.2, -0.15) is 0 Å². The van der Waals surface area contributed by atoms with Crippen molar-refractivity contribution < 1.29 is 13.2 Å². The second-order valence-corrected chi connectivity index (χ2v) is 7.11. The third-order valence-corrected chi connectivity index (χ3v) is 4.70. The smallest absolute Gasteiger partial charge is 0.275 e. The lowest BCUT2D eigenvalue weighted by molar-refractivity contribution is 0.256. The highest BCUT2D eigenvalue weighted by atomic mass is 35.5. The van der Waals surface area contributed by atoms with Gasteiger partial charge in [0.1, 0.15) is 0 Å². The van der Waals surface area contributed by atoms with E-state index in [1.807, 2.05) is 4.72 Å². The molecule has 0 aliphatic rings. The molecule has 2 N–H and O–H groups in total. The maximum Gasteiger partial charge on any atom is 0.335 e. The Bertz CT molecular complexity index is 851. The van der Waals surface area contributed by atoms with E-state index >= 15 is 0 Å². The number of halogens is 2. The molecule has 0 unspecified atom stereocenters. The van der Waals surface area contributed by atoms with Gasteiger partial charge in [-0.15, -0.1) is 0 Å². The van der Waals surface area contributed by atoms with Crippen molar-refractivity contribution in [2.24, 2.45) is 0 Å². The first-order valence-corrected chi connectivity index (χ1v) is 8.52. The Labute approximate surface area is 143 Å². The van der Waals surface area contributed by atoms with Crippen LogP contribution in [0.2, 0.25) is 10.0 Å². The second-order valence-electron chi connectivity index (χ2n) is 4.61. The van der Waals surface area contributed by atoms with Crippen LogP contribution in [0.3, 0.4) is 0 Å². The number of carbonyl (C=O) groups is 1. The van der Waals surface area contributed by atoms with Crippen molar-refractivity contribution in [2.45, 2.75) is 18.7 Å². The number of nitrogens with one attached hydrogen (secondary N) is 2. The SMILES string of the molecule is Cc1cc(C)nc(NC(=O)NS(=O)(=O)c2ccc(Cl)c(Cl)c2)n1. The monoisotopic (exact) mass is 374 g/mol. The zero-order valence-corrected chi connectivity index (χ0v) is 14.4. The van der Waals surface area contributed by atoms with Gasteiger partial charge >= 0.3 is 6.03 Å². The summed E-state index contributed by atoms with van der Waals surface area (Å²) < 4.78 is 26.1. The fourth-order valence-corrected chi connectivity index (χ4v) is 3.03. The minimum atomic E-state index is -4.10. The number of hydrogen-bond donors (Lipinski definition) is 2. The van der Waals surface area contributed by atoms with Crippen LogP contribution in [-0.2, 0) is 10.0 Å². The van der Waals surface area contributed by atoms with E-state index in [2.05, 4.69) is 15.3 Å². The van der Waals surface area contributed by atoms with E-state index in [1.165, 1.54) is 12.1 Å². The van der Waals surface area contributed by atoms with Crippen LogP contribution in [0, 0.1) is 13.8 Å². The van der Waals surface area contributed by atoms with Crippen molar-refractivity contribution in [1.82, 2.24) is 14.7 Å². The highest BCUT2D eigenvalue weighted by Crippen LogP contribution is 2.24. The van der Waals surface area contributed by atoms with Crippen molar-refractivity contribution in [3.63, 3.8) is 0 Å². The highest BCUT2D eigenvalue weighted by Gasteiger charge is 2.19. The van der Waals surface area contributed by atoms with E-state index in [9.17, 15) is 13.2 Å². The average Bonchev–Trinajstić information content (AvgIpc) is 2.39. The summed E-state index contributed by atoms with van der Waals surface area (Å²) in [7, 11) is -4.10. The highest BCUT2D eigenvalue weighted by molar-refractivity contribution is 7.90. The number of rotatable bonds is 3. The fourth-order valence-electron chi connectivity index (χ4n) is 1.73. The Balaban J connectivity index is 2.16. The molecule has 0 saturated heterocycles. The molecule has 1 aromatic carbocycles. The number of benzene rings is 1. The molecule has 2 aromatic rings. The number of carbonyl (C=O) groups excluding carboxylic acids is 1. The molecule has 2 rings (SSSR count). The zero-order chi connectivity index (χ0) is 17.2. The van der Waals surface area contributed by atoms with Crippen LogP contribution in [0.25, 0.3) is 0 Å². The van der Waals surface area contributed by atoms with Crippen LogP contribution in [-0.4, -0.2) is 24.4 Å². The van der Waals surface area contributed by atoms with E-state index in [0.717, 1.165) is 6.07 Å². The van der Waals surface area contributed by atoms with Crippen molar-refractivity contribution in [3.8, 4) is 0 Å². The van der Waals surface area contributed by atoms with Gasteiger partial charge in [0, 0.05) is 11.4 Å². The van der Waals surface area contributed by atoms with Crippen LogP contribution in [0.5, 0.6) is 0 Å². The number of aryl methyl sites for hydroxylation is 2. The third-order valence-electron chi connectivity index (χ3n) is 2.64. The molecule has 0 spiro atoms. The Morgan fingerprint density at radius 1 is 1.04 bits per heavy atom. The molecule has 0 atom stereocenters. The van der Waals surface area contributed by atoms with Gasteiger partial charge in [-0.3, -0.25) is 5.32 Å². The Hall–Kier alpha value is -1.90. The van der Waals surface area contributed by atoms with E-state index in [1.54, 1.807) is 19.9 Å². The molecular weight excluding hydrogens is 363 g/mol. The Morgan fingerprint density at radius 2 is 1.65 bits per heavy atom. The van der Waals surface area contributed by atoms with Gasteiger partial charge in [0.05, 0.1) is 14.9 Å². The number of sulfonamides is 1. The van der Waals surface area contributed by atoms with Gasteiger partial charge in [0.15, 0.2) is 0 Å². The molecule has 1 heterocycles. The number of anilines is 1. The lowest BCUT2D eigenvalue weighted by atomic mass is 10.4. The summed E-state index contributed by atoms with van der Waals surface area (Å²) in [5.74, 6) is 0.00402. The predicted octanol–water partition coefficient (Wildman–Crippen LogP) is 2.91. The van der Waals surface area contributed by atoms with Gasteiger partial charge < -0.3 is 0 Å². The molecule has 0 bridgehead atoms. The third kappa shape index (κ3) is 4.54. The summed E-state index contributed by atoms with van der Waals surface area (Å²) in [5, 5.41) is 2.53. The van der Waals surface area contributed by atoms with Crippen molar-refractivity contribution >= 4 is 45.2 Å². The molecule has 10 heteroatoms. The molecule has 2 amide bonds. The minimum Gasteiger partial charge on any atom is -0.275 e. The number of hydrogen-bond acceptors (Lipinski definition) is 5. The maximum atomic E-state index is 12.1. The van der Waals surface area contributed by atoms with Crippen LogP contribution in [0.15, 0.2) is 29.2 Å². The summed E-state index contributed by atoms with van der Waals surface area (Å²) >= 11 is 11.5. The Morgan fingerprint density at radius 3 is 2.22 bits per heavy atom. The standard InChI is InChI=1S/C13H12Cl2N4O3S/c1-7-5-8(2)17-12(16-7)18-13(20)19-23(21,22)9-3-4-10(14)11(15)6-9/h3-6H,1-2H3,(H2,16,17,18,19,20). The van der Waals surface area contributed by atoms with Gasteiger partial charge in [-0.1, -0.05) is 23.2 Å². The zero-order valence-electron chi connectivity index (χ0n) is 12.1. The van der Waals surface area contributed by atoms with E-state index in [4.69, 9.17) is 23.2 Å². The molecule has 1 aromatic heterocycles. The van der Waals surface area contributed by atoms with Crippen LogP contribution < -0.4 is 10.0 Å². The molecule has 0 aliphatic carbocycles. The van der Waals surface area contributed by atoms with Crippen molar-refractivity contribution in [2.75, 3.05) is 5.32 Å². The Kier molecular flexibility index (Phi) is 5.08. The molecule has 122 valence electrons. The number of aromatic nitrogens is 2. The first kappa shape index (κ1) is 17.5. The normalized spacial score (nSPS) is 11.1. The summed E-state index contributed by atoms with van der Waals surface area (Å²) in [6.45, 7) is 3.45. The molecule has 7 nitrogen and oxygen atoms in total. The largest absolute Gasteiger partial charge is 0.335 e. The summed E-state index contributed by atoms with van der Waals surface area (Å²) in [6.07, 6.45) is 0. The lowest BCUT2D eigenvalue weighted by Crippen LogP contribution is -2.35. The number of nitrogens with zero attached hydrogens (tertiary/aromatic N) is 2. The topological polar surface area (TPSA) is 101 Å². The molecule has 0 aliphatic heterocycles. The molecular formula is C13H12Cl2N4O3S. The van der Waals surface area contributed by atoms with Crippen LogP contribution in [0.4, 0.5) is 10.7 Å². The summed E-state index contributed by atoms with van der Waals surface area (Å²) in [6, 6.07) is 4.43. The predicted molar refractivity (Wildman–Crippen MR) is 87.3 cm³/mol. The van der Waals surface area contributed by atoms with Crippen molar-refractivity contribution in [1.29, 1.82) is 0 Å². The van der Waals surface area contributed by atoms with E-state index in [0.29, 0.717) is 11.4 Å². The van der Waals surface area contributed by atoms with Crippen molar-refractivity contribution in [3.05, 3.63) is 45.7 Å². The minimum absolute atomic E-state index is 0.00402. The molecule has 0 saturated carbocycles. The summed E-state index contributed by atoms with van der Waals surface area (Å²) in [4.78, 5) is 19.6. The lowest BCUT2D eigenvalue weighted by Gasteiger charge is -2.09. The molecule has 0 fully saturated rings. The van der Waals surface area contributed by atoms with Gasteiger partial charge in [-0.05, 0) is 38.1 Å². The van der Waals surface area contributed by atoms with Crippen LogP contribution in [0.1, 0.15) is 11.4 Å². The fraction of sp³-hybridized carbons (Fsp3) is 0.154. The molecule has 0 radical (unpaired) electrons. The quantitative estimate of drug-likeness (QED) is 0.859. The first-order chi connectivity index (χ1) is 10.7. The van der Waals surface area contributed by atoms with E-state index < -0.39 is 16.1 Å². The second kappa shape index (κ2) is 6.69. The number of amides is 2. The van der Waals surface area contributed by atoms with Gasteiger partial charge in [0.2, 0.25) is 5.95 Å². The number of urea groups is 1. The average molecular weight is 375 g/mol. The maximum absolute atomic E-state index is 12.1. The van der Waals surface area contributed by atoms with Gasteiger partial charge in [0.25, 0.3) is 10.0 Å². The van der Waals surface area contributed by atoms with Crippen LogP contribution >= 0.6 is 23.2 Å².